The Morgan fingerprint density at radius 3 is 2.53 bits per heavy atom. The van der Waals surface area contributed by atoms with Crippen molar-refractivity contribution in [1.82, 2.24) is 9.97 Å². The molecule has 0 aliphatic heterocycles. The lowest BCUT2D eigenvalue weighted by atomic mass is 10.5. The van der Waals surface area contributed by atoms with Crippen molar-refractivity contribution in [2.75, 3.05) is 37.9 Å². The van der Waals surface area contributed by atoms with Gasteiger partial charge in [-0.3, -0.25) is 0 Å². The van der Waals surface area contributed by atoms with Crippen molar-refractivity contribution in [3.63, 3.8) is 0 Å². The molecule has 0 saturated heterocycles. The molecule has 0 radical (unpaired) electrons. The number of nitrogens with zero attached hydrogens (tertiary/aromatic N) is 2. The number of anilines is 3. The van der Waals surface area contributed by atoms with Crippen molar-refractivity contribution in [3.05, 3.63) is 0 Å². The number of hydrogen-bond donors (Lipinski definition) is 3. The second kappa shape index (κ2) is 5.17. The van der Waals surface area contributed by atoms with E-state index < -0.39 is 0 Å². The first-order chi connectivity index (χ1) is 7.15. The highest BCUT2D eigenvalue weighted by molar-refractivity contribution is 5.65. The molecule has 15 heavy (non-hydrogen) atoms. The van der Waals surface area contributed by atoms with E-state index in [0.29, 0.717) is 0 Å². The monoisotopic (exact) mass is 215 g/mol. The second-order valence-electron chi connectivity index (χ2n) is 2.56. The van der Waals surface area contributed by atoms with Gasteiger partial charge in [-0.1, -0.05) is 0 Å². The smallest absolute Gasteiger partial charge is 0.246 e. The van der Waals surface area contributed by atoms with Crippen molar-refractivity contribution in [2.45, 2.75) is 0 Å². The lowest BCUT2D eigenvalue weighted by Crippen LogP contribution is -2.11. The molecule has 0 bridgehead atoms. The summed E-state index contributed by atoms with van der Waals surface area (Å²) >= 11 is 0. The highest BCUT2D eigenvalue weighted by atomic mass is 16.7. The molecule has 0 aliphatic carbocycles. The molecule has 0 aliphatic rings. The van der Waals surface area contributed by atoms with Gasteiger partial charge in [0.15, 0.2) is 12.6 Å². The van der Waals surface area contributed by atoms with Gasteiger partial charge >= 0.3 is 0 Å². The van der Waals surface area contributed by atoms with Crippen LogP contribution < -0.4 is 21.9 Å². The summed E-state index contributed by atoms with van der Waals surface area (Å²) in [6.45, 7) is 0.0455. The maximum Gasteiger partial charge on any atom is 0.246 e. The van der Waals surface area contributed by atoms with E-state index in [1.807, 2.05) is 0 Å². The average molecular weight is 215 g/mol. The Bertz CT molecular complexity index is 333. The second-order valence-corrected chi connectivity index (χ2v) is 2.56. The lowest BCUT2D eigenvalue weighted by Gasteiger charge is -2.09. The summed E-state index contributed by atoms with van der Waals surface area (Å²) in [6, 6.07) is 0. The van der Waals surface area contributed by atoms with E-state index in [1.165, 1.54) is 7.11 Å². The molecule has 8 heteroatoms. The molecule has 1 heterocycles. The third-order valence-corrected chi connectivity index (χ3v) is 1.44. The van der Waals surface area contributed by atoms with Gasteiger partial charge in [-0.25, -0.2) is 0 Å². The van der Waals surface area contributed by atoms with Crippen LogP contribution >= 0.6 is 0 Å². The van der Waals surface area contributed by atoms with Crippen LogP contribution in [-0.2, 0) is 9.47 Å². The fraction of sp³-hybridized carbons (Fsp3) is 0.429. The molecule has 6 N–H and O–H groups in total. The fourth-order valence-corrected chi connectivity index (χ4v) is 0.807. The van der Waals surface area contributed by atoms with E-state index in [0.717, 1.165) is 0 Å². The number of methoxy groups -OCH3 is 1. The maximum atomic E-state index is 5.55. The van der Waals surface area contributed by atoms with Gasteiger partial charge in [-0.15, -0.1) is 0 Å². The summed E-state index contributed by atoms with van der Waals surface area (Å²) in [7, 11) is 1.50. The first-order valence-electron chi connectivity index (χ1n) is 4.03. The normalized spacial score (nSPS) is 10.2. The molecule has 0 unspecified atom stereocenters. The van der Waals surface area contributed by atoms with Crippen LogP contribution in [0.4, 0.5) is 17.5 Å². The van der Waals surface area contributed by atoms with Gasteiger partial charge in [-0.05, 0) is 0 Å². The third-order valence-electron chi connectivity index (χ3n) is 1.44. The summed E-state index contributed by atoms with van der Waals surface area (Å²) in [5.74, 6) is 0.156. The molecule has 0 saturated carbocycles. The van der Waals surface area contributed by atoms with Crippen LogP contribution in [0.3, 0.4) is 0 Å². The zero-order valence-corrected chi connectivity index (χ0v) is 8.27. The van der Waals surface area contributed by atoms with Crippen LogP contribution in [0.5, 0.6) is 5.88 Å². The van der Waals surface area contributed by atoms with Crippen LogP contribution in [0.2, 0.25) is 0 Å². The topological polar surface area (TPSA) is 132 Å². The summed E-state index contributed by atoms with van der Waals surface area (Å²) in [6.07, 6.45) is 0. The Morgan fingerprint density at radius 2 is 1.87 bits per heavy atom. The Kier molecular flexibility index (Phi) is 3.89. The van der Waals surface area contributed by atoms with Crippen LogP contribution in [0.1, 0.15) is 0 Å². The first kappa shape index (κ1) is 11.3. The highest BCUT2D eigenvalue weighted by Crippen LogP contribution is 2.23. The molecule has 1 aromatic rings. The van der Waals surface area contributed by atoms with Crippen molar-refractivity contribution < 1.29 is 14.2 Å². The van der Waals surface area contributed by atoms with Gasteiger partial charge in [-0.2, -0.15) is 9.97 Å². The molecule has 0 fully saturated rings. The summed E-state index contributed by atoms with van der Waals surface area (Å²) < 4.78 is 14.6. The number of hydrogen-bond acceptors (Lipinski definition) is 8. The summed E-state index contributed by atoms with van der Waals surface area (Å²) in [5.41, 5.74) is 16.5. The number of nitrogen functional groups attached to an aromatic ring is 3. The molecular weight excluding hydrogens is 202 g/mol. The van der Waals surface area contributed by atoms with E-state index in [9.17, 15) is 0 Å². The Morgan fingerprint density at radius 1 is 1.13 bits per heavy atom. The minimum absolute atomic E-state index is 0.0107. The van der Waals surface area contributed by atoms with Gasteiger partial charge in [0.2, 0.25) is 11.8 Å². The molecule has 0 atom stereocenters. The van der Waals surface area contributed by atoms with Crippen molar-refractivity contribution >= 4 is 17.5 Å². The predicted octanol–water partition coefficient (Wildman–Crippen LogP) is -0.820. The van der Waals surface area contributed by atoms with Crippen molar-refractivity contribution in [3.8, 4) is 5.88 Å². The molecule has 0 amide bonds. The average Bonchev–Trinajstić information content (AvgIpc) is 2.19. The Balaban J connectivity index is 2.60. The minimum Gasteiger partial charge on any atom is -0.449 e. The van der Waals surface area contributed by atoms with Gasteiger partial charge in [0.25, 0.3) is 0 Å². The van der Waals surface area contributed by atoms with E-state index in [1.54, 1.807) is 0 Å². The van der Waals surface area contributed by atoms with E-state index in [4.69, 9.17) is 26.7 Å². The van der Waals surface area contributed by atoms with E-state index >= 15 is 0 Å². The number of ether oxygens (including phenoxy) is 3. The molecular formula is C7H13N5O3. The number of nitrogens with two attached hydrogens (primary N) is 3. The van der Waals surface area contributed by atoms with Crippen LogP contribution in [-0.4, -0.2) is 30.7 Å². The molecule has 1 aromatic heterocycles. The highest BCUT2D eigenvalue weighted by Gasteiger charge is 2.08. The molecule has 8 nitrogen and oxygen atoms in total. The van der Waals surface area contributed by atoms with Gasteiger partial charge in [0.05, 0.1) is 0 Å². The predicted molar refractivity (Wildman–Crippen MR) is 53.7 cm³/mol. The van der Waals surface area contributed by atoms with Crippen LogP contribution in [0.25, 0.3) is 0 Å². The molecule has 0 aromatic carbocycles. The Hall–Kier alpha value is -1.80. The molecule has 1 rings (SSSR count). The number of rotatable bonds is 5. The summed E-state index contributed by atoms with van der Waals surface area (Å²) in [5, 5.41) is 0. The Labute approximate surface area is 86.3 Å². The van der Waals surface area contributed by atoms with Crippen molar-refractivity contribution in [1.29, 1.82) is 0 Å². The van der Waals surface area contributed by atoms with Crippen LogP contribution in [0.15, 0.2) is 0 Å². The lowest BCUT2D eigenvalue weighted by molar-refractivity contribution is -0.0844. The summed E-state index contributed by atoms with van der Waals surface area (Å²) in [4.78, 5) is 7.40. The third kappa shape index (κ3) is 3.11. The number of aromatic nitrogens is 2. The molecule has 0 spiro atoms. The quantitative estimate of drug-likeness (QED) is 0.428. The standard InChI is InChI=1S/C7H13N5O3/c1-13-2-14-3-15-6-4(8)5(9)11-7(10)12-6/h2-3,8H2,1H3,(H4,9,10,11,12). The van der Waals surface area contributed by atoms with Gasteiger partial charge in [0, 0.05) is 7.11 Å². The van der Waals surface area contributed by atoms with E-state index in [2.05, 4.69) is 14.7 Å². The molecule has 84 valence electrons. The fourth-order valence-electron chi connectivity index (χ4n) is 0.807. The SMILES string of the molecule is COCOCOc1nc(N)nc(N)c1N. The van der Waals surface area contributed by atoms with E-state index in [-0.39, 0.29) is 36.9 Å². The van der Waals surface area contributed by atoms with Crippen LogP contribution in [0, 0.1) is 0 Å². The largest absolute Gasteiger partial charge is 0.449 e. The minimum atomic E-state index is -0.0616. The van der Waals surface area contributed by atoms with Gasteiger partial charge in [0.1, 0.15) is 12.5 Å². The van der Waals surface area contributed by atoms with Crippen molar-refractivity contribution in [2.24, 2.45) is 0 Å². The van der Waals surface area contributed by atoms with Gasteiger partial charge < -0.3 is 31.4 Å². The zero-order valence-electron chi connectivity index (χ0n) is 8.27. The zero-order chi connectivity index (χ0) is 11.3. The first-order valence-corrected chi connectivity index (χ1v) is 4.03. The maximum absolute atomic E-state index is 5.55.